The Kier molecular flexibility index (Phi) is 3.59. The molecule has 3 N–H and O–H groups in total. The minimum atomic E-state index is -0.0291. The van der Waals surface area contributed by atoms with Crippen molar-refractivity contribution in [3.63, 3.8) is 0 Å². The quantitative estimate of drug-likeness (QED) is 0.807. The molecule has 1 aromatic carbocycles. The van der Waals surface area contributed by atoms with Crippen LogP contribution in [0.25, 0.3) is 0 Å². The molecule has 0 radical (unpaired) electrons. The van der Waals surface area contributed by atoms with Crippen LogP contribution in [0.15, 0.2) is 18.2 Å². The van der Waals surface area contributed by atoms with Crippen molar-refractivity contribution in [2.45, 2.75) is 12.1 Å². The largest absolute Gasteiger partial charge is 0.486 e. The van der Waals surface area contributed by atoms with Gasteiger partial charge in [0, 0.05) is 31.7 Å². The second kappa shape index (κ2) is 5.36. The first kappa shape index (κ1) is 12.7. The van der Waals surface area contributed by atoms with Crippen molar-refractivity contribution in [2.75, 3.05) is 39.9 Å². The minimum Gasteiger partial charge on any atom is -0.486 e. The van der Waals surface area contributed by atoms with Gasteiger partial charge in [0.1, 0.15) is 13.2 Å². The molecule has 2 atom stereocenters. The summed E-state index contributed by atoms with van der Waals surface area (Å²) < 4.78 is 11.1. The van der Waals surface area contributed by atoms with Crippen LogP contribution in [-0.4, -0.2) is 50.8 Å². The van der Waals surface area contributed by atoms with Crippen LogP contribution in [0, 0.1) is 0 Å². The molecular weight excluding hydrogens is 242 g/mol. The van der Waals surface area contributed by atoms with Gasteiger partial charge < -0.3 is 25.4 Å². The second-order valence-electron chi connectivity index (χ2n) is 5.25. The number of rotatable bonds is 2. The average Bonchev–Trinajstić information content (AvgIpc) is 2.46. The molecule has 0 aromatic heterocycles. The molecule has 1 saturated heterocycles. The normalized spacial score (nSPS) is 25.1. The molecule has 0 aliphatic carbocycles. The van der Waals surface area contributed by atoms with Crippen LogP contribution in [0.3, 0.4) is 0 Å². The Labute approximate surface area is 113 Å². The van der Waals surface area contributed by atoms with Gasteiger partial charge in [-0.2, -0.15) is 0 Å². The van der Waals surface area contributed by atoms with Crippen LogP contribution in [0.4, 0.5) is 0 Å². The van der Waals surface area contributed by atoms with Crippen LogP contribution in [0.2, 0.25) is 0 Å². The van der Waals surface area contributed by atoms with Crippen molar-refractivity contribution < 1.29 is 9.47 Å². The molecule has 19 heavy (non-hydrogen) atoms. The lowest BCUT2D eigenvalue weighted by molar-refractivity contribution is 0.171. The van der Waals surface area contributed by atoms with E-state index >= 15 is 0 Å². The third-order valence-electron chi connectivity index (χ3n) is 3.79. The molecule has 2 aliphatic heterocycles. The SMILES string of the molecule is CN1CCNC(C(N)c2ccc3c(c2)OCCO3)C1. The summed E-state index contributed by atoms with van der Waals surface area (Å²) in [7, 11) is 2.13. The number of nitrogens with one attached hydrogen (secondary N) is 1. The third-order valence-corrected chi connectivity index (χ3v) is 3.79. The van der Waals surface area contributed by atoms with E-state index in [1.165, 1.54) is 0 Å². The number of hydrogen-bond donors (Lipinski definition) is 2. The fourth-order valence-electron chi connectivity index (χ4n) is 2.67. The van der Waals surface area contributed by atoms with Crippen molar-refractivity contribution in [3.05, 3.63) is 23.8 Å². The highest BCUT2D eigenvalue weighted by Crippen LogP contribution is 2.32. The summed E-state index contributed by atoms with van der Waals surface area (Å²) >= 11 is 0. The third kappa shape index (κ3) is 2.68. The van der Waals surface area contributed by atoms with Gasteiger partial charge in [0.25, 0.3) is 0 Å². The molecule has 5 nitrogen and oxygen atoms in total. The lowest BCUT2D eigenvalue weighted by Gasteiger charge is -2.34. The monoisotopic (exact) mass is 263 g/mol. The number of hydrogen-bond acceptors (Lipinski definition) is 5. The van der Waals surface area contributed by atoms with Gasteiger partial charge in [0.05, 0.1) is 0 Å². The molecular formula is C14H21N3O2. The number of nitrogens with two attached hydrogens (primary N) is 1. The molecule has 2 heterocycles. The Balaban J connectivity index is 1.77. The first-order valence-electron chi connectivity index (χ1n) is 6.81. The van der Waals surface area contributed by atoms with Gasteiger partial charge >= 0.3 is 0 Å². The Bertz CT molecular complexity index is 452. The fourth-order valence-corrected chi connectivity index (χ4v) is 2.67. The van der Waals surface area contributed by atoms with Gasteiger partial charge in [-0.3, -0.25) is 0 Å². The zero-order chi connectivity index (χ0) is 13.2. The van der Waals surface area contributed by atoms with Crippen LogP contribution >= 0.6 is 0 Å². The highest BCUT2D eigenvalue weighted by Gasteiger charge is 2.25. The maximum absolute atomic E-state index is 6.38. The maximum atomic E-state index is 6.38. The predicted molar refractivity (Wildman–Crippen MR) is 73.6 cm³/mol. The number of ether oxygens (including phenoxy) is 2. The number of fused-ring (bicyclic) bond motifs is 1. The smallest absolute Gasteiger partial charge is 0.161 e. The van der Waals surface area contributed by atoms with Crippen LogP contribution in [0.5, 0.6) is 11.5 Å². The van der Waals surface area contributed by atoms with Gasteiger partial charge in [-0.1, -0.05) is 6.07 Å². The Morgan fingerprint density at radius 1 is 1.32 bits per heavy atom. The first-order valence-corrected chi connectivity index (χ1v) is 6.81. The van der Waals surface area contributed by atoms with Crippen molar-refractivity contribution >= 4 is 0 Å². The summed E-state index contributed by atoms with van der Waals surface area (Å²) in [4.78, 5) is 2.30. The van der Waals surface area contributed by atoms with E-state index in [-0.39, 0.29) is 12.1 Å². The minimum absolute atomic E-state index is 0.0291. The molecule has 0 amide bonds. The topological polar surface area (TPSA) is 59.8 Å². The van der Waals surface area contributed by atoms with E-state index in [9.17, 15) is 0 Å². The standard InChI is InChI=1S/C14H21N3O2/c1-17-5-4-16-11(9-17)14(15)10-2-3-12-13(8-10)19-7-6-18-12/h2-3,8,11,14,16H,4-7,9,15H2,1H3. The van der Waals surface area contributed by atoms with Crippen molar-refractivity contribution in [1.82, 2.24) is 10.2 Å². The highest BCUT2D eigenvalue weighted by molar-refractivity contribution is 5.44. The maximum Gasteiger partial charge on any atom is 0.161 e. The number of benzene rings is 1. The summed E-state index contributed by atoms with van der Waals surface area (Å²) in [6.45, 7) is 4.25. The van der Waals surface area contributed by atoms with Gasteiger partial charge in [-0.05, 0) is 24.7 Å². The van der Waals surface area contributed by atoms with E-state index in [0.717, 1.165) is 36.7 Å². The van der Waals surface area contributed by atoms with E-state index in [0.29, 0.717) is 13.2 Å². The Morgan fingerprint density at radius 3 is 2.89 bits per heavy atom. The number of nitrogens with zero attached hydrogens (tertiary/aromatic N) is 1. The van der Waals surface area contributed by atoms with Crippen LogP contribution in [-0.2, 0) is 0 Å². The van der Waals surface area contributed by atoms with Gasteiger partial charge in [0.2, 0.25) is 0 Å². The van der Waals surface area contributed by atoms with E-state index in [1.807, 2.05) is 18.2 Å². The molecule has 2 unspecified atom stereocenters. The van der Waals surface area contributed by atoms with E-state index in [2.05, 4.69) is 17.3 Å². The van der Waals surface area contributed by atoms with Crippen molar-refractivity contribution in [1.29, 1.82) is 0 Å². The molecule has 0 saturated carbocycles. The zero-order valence-corrected chi connectivity index (χ0v) is 11.3. The average molecular weight is 263 g/mol. The number of piperazine rings is 1. The van der Waals surface area contributed by atoms with Gasteiger partial charge in [-0.25, -0.2) is 0 Å². The number of likely N-dealkylation sites (N-methyl/N-ethyl adjacent to an activating group) is 1. The van der Waals surface area contributed by atoms with Crippen molar-refractivity contribution in [2.24, 2.45) is 5.73 Å². The summed E-state index contributed by atoms with van der Waals surface area (Å²) in [5, 5.41) is 3.49. The van der Waals surface area contributed by atoms with E-state index in [1.54, 1.807) is 0 Å². The van der Waals surface area contributed by atoms with Gasteiger partial charge in [-0.15, -0.1) is 0 Å². The lowest BCUT2D eigenvalue weighted by atomic mass is 9.98. The summed E-state index contributed by atoms with van der Waals surface area (Å²) in [5.41, 5.74) is 7.47. The molecule has 104 valence electrons. The fraction of sp³-hybridized carbons (Fsp3) is 0.571. The molecule has 5 heteroatoms. The molecule has 1 fully saturated rings. The Morgan fingerprint density at radius 2 is 2.11 bits per heavy atom. The van der Waals surface area contributed by atoms with Crippen LogP contribution < -0.4 is 20.5 Å². The van der Waals surface area contributed by atoms with Crippen molar-refractivity contribution in [3.8, 4) is 11.5 Å². The summed E-state index contributed by atoms with van der Waals surface area (Å²) in [5.74, 6) is 1.62. The van der Waals surface area contributed by atoms with Crippen LogP contribution in [0.1, 0.15) is 11.6 Å². The first-order chi connectivity index (χ1) is 9.24. The summed E-state index contributed by atoms with van der Waals surface area (Å²) in [6, 6.07) is 6.25. The molecule has 1 aromatic rings. The summed E-state index contributed by atoms with van der Waals surface area (Å²) in [6.07, 6.45) is 0. The second-order valence-corrected chi connectivity index (χ2v) is 5.25. The molecule has 0 spiro atoms. The van der Waals surface area contributed by atoms with Gasteiger partial charge in [0.15, 0.2) is 11.5 Å². The van der Waals surface area contributed by atoms with E-state index < -0.39 is 0 Å². The lowest BCUT2D eigenvalue weighted by Crippen LogP contribution is -2.53. The van der Waals surface area contributed by atoms with E-state index in [4.69, 9.17) is 15.2 Å². The molecule has 0 bridgehead atoms. The predicted octanol–water partition coefficient (Wildman–Crippen LogP) is 0.361. The Hall–Kier alpha value is -1.30. The highest BCUT2D eigenvalue weighted by atomic mass is 16.6. The zero-order valence-electron chi connectivity index (χ0n) is 11.3. The molecule has 3 rings (SSSR count). The molecule has 2 aliphatic rings.